The fourth-order valence-electron chi connectivity index (χ4n) is 3.56. The third-order valence-electron chi connectivity index (χ3n) is 4.95. The quantitative estimate of drug-likeness (QED) is 0.839. The Morgan fingerprint density at radius 3 is 3.00 bits per heavy atom. The lowest BCUT2D eigenvalue weighted by Gasteiger charge is -2.28. The molecule has 2 aromatic rings. The van der Waals surface area contributed by atoms with Crippen LogP contribution in [0.3, 0.4) is 0 Å². The second-order valence-electron chi connectivity index (χ2n) is 6.65. The van der Waals surface area contributed by atoms with Crippen molar-refractivity contribution >= 4 is 5.91 Å². The lowest BCUT2D eigenvalue weighted by molar-refractivity contribution is -0.146. The summed E-state index contributed by atoms with van der Waals surface area (Å²) in [5, 5.41) is 8.69. The van der Waals surface area contributed by atoms with Gasteiger partial charge in [-0.2, -0.15) is 0 Å². The van der Waals surface area contributed by atoms with Crippen molar-refractivity contribution in [3.63, 3.8) is 0 Å². The van der Waals surface area contributed by atoms with Crippen LogP contribution in [0.4, 0.5) is 0 Å². The molecule has 0 bridgehead atoms. The van der Waals surface area contributed by atoms with Gasteiger partial charge in [0.1, 0.15) is 17.8 Å². The Labute approximate surface area is 147 Å². The van der Waals surface area contributed by atoms with Gasteiger partial charge in [0.05, 0.1) is 0 Å². The van der Waals surface area contributed by atoms with E-state index in [1.54, 1.807) is 6.20 Å². The summed E-state index contributed by atoms with van der Waals surface area (Å²) >= 11 is 0. The van der Waals surface area contributed by atoms with Crippen LogP contribution >= 0.6 is 0 Å². The highest BCUT2D eigenvalue weighted by Crippen LogP contribution is 2.18. The zero-order valence-corrected chi connectivity index (χ0v) is 14.3. The molecule has 2 aliphatic heterocycles. The van der Waals surface area contributed by atoms with Gasteiger partial charge in [0, 0.05) is 51.5 Å². The topological polar surface area (TPSA) is 73.1 Å². The number of hydrogen-bond donors (Lipinski definition) is 0. The summed E-state index contributed by atoms with van der Waals surface area (Å²) < 4.78 is 7.82. The van der Waals surface area contributed by atoms with Gasteiger partial charge in [-0.1, -0.05) is 6.07 Å². The highest BCUT2D eigenvalue weighted by molar-refractivity contribution is 5.81. The molecule has 0 radical (unpaired) electrons. The standard InChI is InChI=1S/C18H23N5O2/c24-18(15-5-1-2-11-25-15)22-8-6-16-20-21-17(23(16)10-9-22)12-14-4-3-7-19-13-14/h3-4,7,13,15H,1-2,5-6,8-12H2/t15-/m0/s1. The van der Waals surface area contributed by atoms with Gasteiger partial charge in [-0.15, -0.1) is 10.2 Å². The Hall–Kier alpha value is -2.28. The molecule has 0 unspecified atom stereocenters. The van der Waals surface area contributed by atoms with Gasteiger partial charge in [-0.05, 0) is 30.9 Å². The molecule has 7 nitrogen and oxygen atoms in total. The monoisotopic (exact) mass is 341 g/mol. The van der Waals surface area contributed by atoms with Crippen molar-refractivity contribution in [2.45, 2.75) is 44.8 Å². The van der Waals surface area contributed by atoms with Crippen LogP contribution in [-0.4, -0.2) is 56.4 Å². The van der Waals surface area contributed by atoms with Crippen LogP contribution in [-0.2, 0) is 28.9 Å². The van der Waals surface area contributed by atoms with Gasteiger partial charge < -0.3 is 14.2 Å². The minimum atomic E-state index is -0.257. The number of nitrogens with zero attached hydrogens (tertiary/aromatic N) is 5. The van der Waals surface area contributed by atoms with E-state index >= 15 is 0 Å². The van der Waals surface area contributed by atoms with Crippen LogP contribution in [0.2, 0.25) is 0 Å². The SMILES string of the molecule is O=C([C@@H]1CCCCO1)N1CCc2nnc(Cc3cccnc3)n2CC1. The molecule has 1 atom stereocenters. The van der Waals surface area contributed by atoms with Crippen LogP contribution in [0.5, 0.6) is 0 Å². The number of aromatic nitrogens is 4. The fourth-order valence-corrected chi connectivity index (χ4v) is 3.56. The first kappa shape index (κ1) is 16.2. The lowest BCUT2D eigenvalue weighted by atomic mass is 10.1. The van der Waals surface area contributed by atoms with Gasteiger partial charge in [-0.3, -0.25) is 9.78 Å². The molecule has 25 heavy (non-hydrogen) atoms. The van der Waals surface area contributed by atoms with Gasteiger partial charge in [0.25, 0.3) is 5.91 Å². The van der Waals surface area contributed by atoms with Crippen molar-refractivity contribution in [3.8, 4) is 0 Å². The maximum absolute atomic E-state index is 12.7. The molecule has 2 aromatic heterocycles. The van der Waals surface area contributed by atoms with E-state index in [9.17, 15) is 4.79 Å². The molecule has 0 aliphatic carbocycles. The van der Waals surface area contributed by atoms with Gasteiger partial charge >= 0.3 is 0 Å². The summed E-state index contributed by atoms with van der Waals surface area (Å²) in [6.45, 7) is 2.80. The Bertz CT molecular complexity index is 724. The molecule has 0 spiro atoms. The van der Waals surface area contributed by atoms with Gasteiger partial charge in [0.2, 0.25) is 0 Å². The maximum Gasteiger partial charge on any atom is 0.251 e. The van der Waals surface area contributed by atoms with Crippen molar-refractivity contribution in [1.82, 2.24) is 24.6 Å². The van der Waals surface area contributed by atoms with Crippen molar-refractivity contribution < 1.29 is 9.53 Å². The first-order valence-corrected chi connectivity index (χ1v) is 9.01. The van der Waals surface area contributed by atoms with E-state index in [1.807, 2.05) is 23.2 Å². The van der Waals surface area contributed by atoms with Crippen molar-refractivity contribution in [1.29, 1.82) is 0 Å². The normalized spacial score (nSPS) is 20.8. The average Bonchev–Trinajstić information content (AvgIpc) is 2.91. The van der Waals surface area contributed by atoms with Crippen LogP contribution in [0.1, 0.15) is 36.5 Å². The third-order valence-corrected chi connectivity index (χ3v) is 4.95. The van der Waals surface area contributed by atoms with Crippen LogP contribution in [0.15, 0.2) is 24.5 Å². The van der Waals surface area contributed by atoms with E-state index in [0.717, 1.165) is 49.4 Å². The van der Waals surface area contributed by atoms with E-state index < -0.39 is 0 Å². The average molecular weight is 341 g/mol. The molecule has 1 saturated heterocycles. The summed E-state index contributed by atoms with van der Waals surface area (Å²) in [7, 11) is 0. The molecule has 4 rings (SSSR count). The van der Waals surface area contributed by atoms with Crippen molar-refractivity contribution in [3.05, 3.63) is 41.7 Å². The highest BCUT2D eigenvalue weighted by atomic mass is 16.5. The van der Waals surface area contributed by atoms with Crippen LogP contribution in [0.25, 0.3) is 0 Å². The number of carbonyl (C=O) groups is 1. The molecule has 1 amide bonds. The summed E-state index contributed by atoms with van der Waals surface area (Å²) in [5.41, 5.74) is 1.12. The predicted octanol–water partition coefficient (Wildman–Crippen LogP) is 1.22. The smallest absolute Gasteiger partial charge is 0.251 e. The number of rotatable bonds is 3. The fraction of sp³-hybridized carbons (Fsp3) is 0.556. The molecule has 1 fully saturated rings. The molecular weight excluding hydrogens is 318 g/mol. The molecule has 4 heterocycles. The number of pyridine rings is 1. The number of carbonyl (C=O) groups excluding carboxylic acids is 1. The van der Waals surface area contributed by atoms with Crippen LogP contribution < -0.4 is 0 Å². The minimum Gasteiger partial charge on any atom is -0.368 e. The number of hydrogen-bond acceptors (Lipinski definition) is 5. The number of amides is 1. The van der Waals surface area contributed by atoms with Gasteiger partial charge in [-0.25, -0.2) is 0 Å². The van der Waals surface area contributed by atoms with Gasteiger partial charge in [0.15, 0.2) is 0 Å². The van der Waals surface area contributed by atoms with E-state index in [0.29, 0.717) is 26.1 Å². The van der Waals surface area contributed by atoms with E-state index in [2.05, 4.69) is 19.7 Å². The zero-order valence-electron chi connectivity index (χ0n) is 14.3. The Balaban J connectivity index is 1.44. The van der Waals surface area contributed by atoms with Crippen molar-refractivity contribution in [2.75, 3.05) is 19.7 Å². The Kier molecular flexibility index (Phi) is 4.74. The number of fused-ring (bicyclic) bond motifs is 1. The van der Waals surface area contributed by atoms with E-state index in [1.165, 1.54) is 0 Å². The Morgan fingerprint density at radius 2 is 2.20 bits per heavy atom. The summed E-state index contributed by atoms with van der Waals surface area (Å²) in [6.07, 6.45) is 7.78. The third kappa shape index (κ3) is 3.56. The first-order chi connectivity index (χ1) is 12.3. The zero-order chi connectivity index (χ0) is 17.1. The largest absolute Gasteiger partial charge is 0.368 e. The highest BCUT2D eigenvalue weighted by Gasteiger charge is 2.29. The minimum absolute atomic E-state index is 0.132. The van der Waals surface area contributed by atoms with Crippen LogP contribution in [0, 0.1) is 0 Å². The molecular formula is C18H23N5O2. The summed E-state index contributed by atoms with van der Waals surface area (Å²) in [6, 6.07) is 3.97. The Morgan fingerprint density at radius 1 is 1.24 bits per heavy atom. The van der Waals surface area contributed by atoms with Crippen molar-refractivity contribution in [2.24, 2.45) is 0 Å². The molecule has 132 valence electrons. The lowest BCUT2D eigenvalue weighted by Crippen LogP contribution is -2.43. The predicted molar refractivity (Wildman–Crippen MR) is 90.9 cm³/mol. The molecule has 0 aromatic carbocycles. The van der Waals surface area contributed by atoms with E-state index in [-0.39, 0.29) is 12.0 Å². The van der Waals surface area contributed by atoms with E-state index in [4.69, 9.17) is 4.74 Å². The first-order valence-electron chi connectivity index (χ1n) is 9.01. The maximum atomic E-state index is 12.7. The second-order valence-corrected chi connectivity index (χ2v) is 6.65. The molecule has 2 aliphatic rings. The number of ether oxygens (including phenoxy) is 1. The molecule has 0 N–H and O–H groups in total. The summed E-state index contributed by atoms with van der Waals surface area (Å²) in [4.78, 5) is 18.8. The second kappa shape index (κ2) is 7.31. The molecule has 0 saturated carbocycles. The molecule has 7 heteroatoms. The summed E-state index contributed by atoms with van der Waals surface area (Å²) in [5.74, 6) is 2.03.